The van der Waals surface area contributed by atoms with Crippen LogP contribution in [0.5, 0.6) is 0 Å². The Hall–Kier alpha value is -0.790. The van der Waals surface area contributed by atoms with Crippen LogP contribution in [0, 0.1) is 0 Å². The Balaban J connectivity index is 2.64. The summed E-state index contributed by atoms with van der Waals surface area (Å²) in [6, 6.07) is 0. The Morgan fingerprint density at radius 3 is 2.80 bits per heavy atom. The molecule has 0 saturated carbocycles. The fraction of sp³-hybridized carbons (Fsp3) is 0.625. The molecule has 0 aromatic heterocycles. The third kappa shape index (κ3) is 1.20. The van der Waals surface area contributed by atoms with Crippen LogP contribution in [-0.2, 0) is 0 Å². The van der Waals surface area contributed by atoms with E-state index in [4.69, 9.17) is 0 Å². The number of allylic oxidation sites excluding steroid dienone is 1. The summed E-state index contributed by atoms with van der Waals surface area (Å²) in [5, 5.41) is 0. The van der Waals surface area contributed by atoms with E-state index in [9.17, 15) is 0 Å². The topological polar surface area (TPSA) is 15.6 Å². The van der Waals surface area contributed by atoms with E-state index < -0.39 is 0 Å². The molecule has 0 aromatic carbocycles. The number of hydrogen-bond acceptors (Lipinski definition) is 1. The summed E-state index contributed by atoms with van der Waals surface area (Å²) < 4.78 is 0. The normalized spacial score (nSPS) is 20.4. The minimum absolute atomic E-state index is 1.09. The fourth-order valence-corrected chi connectivity index (χ4v) is 1.25. The lowest BCUT2D eigenvalue weighted by Crippen LogP contribution is -2.22. The molecule has 0 aromatic rings. The number of amidine groups is 1. The van der Waals surface area contributed by atoms with Crippen LogP contribution in [0.15, 0.2) is 17.3 Å². The van der Waals surface area contributed by atoms with Gasteiger partial charge in [0.1, 0.15) is 0 Å². The Morgan fingerprint density at radius 2 is 2.40 bits per heavy atom. The monoisotopic (exact) mass is 138 g/mol. The molecule has 2 nitrogen and oxygen atoms in total. The van der Waals surface area contributed by atoms with Crippen molar-refractivity contribution in [2.45, 2.75) is 19.8 Å². The second-order valence-electron chi connectivity index (χ2n) is 2.59. The van der Waals surface area contributed by atoms with Crippen molar-refractivity contribution in [3.8, 4) is 0 Å². The van der Waals surface area contributed by atoms with Gasteiger partial charge in [0.25, 0.3) is 0 Å². The summed E-state index contributed by atoms with van der Waals surface area (Å²) in [6.07, 6.45) is 2.36. The molecule has 1 rings (SSSR count). The van der Waals surface area contributed by atoms with E-state index in [1.165, 1.54) is 12.1 Å². The molecule has 0 bridgehead atoms. The van der Waals surface area contributed by atoms with E-state index in [0.29, 0.717) is 0 Å². The second kappa shape index (κ2) is 2.86. The van der Waals surface area contributed by atoms with Crippen LogP contribution in [0.2, 0.25) is 0 Å². The molecule has 1 saturated heterocycles. The van der Waals surface area contributed by atoms with Gasteiger partial charge in [0.2, 0.25) is 0 Å². The minimum atomic E-state index is 1.09. The number of nitrogens with zero attached hydrogens (tertiary/aromatic N) is 2. The molecule has 1 aliphatic rings. The van der Waals surface area contributed by atoms with Gasteiger partial charge in [-0.25, -0.2) is 0 Å². The van der Waals surface area contributed by atoms with Gasteiger partial charge in [0, 0.05) is 19.3 Å². The predicted octanol–water partition coefficient (Wildman–Crippen LogP) is 1.64. The zero-order chi connectivity index (χ0) is 7.56. The van der Waals surface area contributed by atoms with Gasteiger partial charge in [0.05, 0.1) is 5.84 Å². The number of likely N-dealkylation sites (tertiary alicyclic amines) is 1. The smallest absolute Gasteiger partial charge is 0.0995 e. The lowest BCUT2D eigenvalue weighted by molar-refractivity contribution is 0.585. The van der Waals surface area contributed by atoms with E-state index in [1.807, 2.05) is 14.0 Å². The molecule has 0 radical (unpaired) electrons. The van der Waals surface area contributed by atoms with E-state index >= 15 is 0 Å². The van der Waals surface area contributed by atoms with Gasteiger partial charge in [-0.15, -0.1) is 0 Å². The molecule has 10 heavy (non-hydrogen) atoms. The van der Waals surface area contributed by atoms with Crippen LogP contribution >= 0.6 is 0 Å². The molecular formula is C8H14N2. The molecule has 0 atom stereocenters. The number of hydrogen-bond donors (Lipinski definition) is 0. The standard InChI is InChI=1S/C8H14N2/c1-7-5-4-6-10(7)8(2)9-3/h1,4-6H2,2-3H3. The lowest BCUT2D eigenvalue weighted by Gasteiger charge is -2.17. The first-order chi connectivity index (χ1) is 4.75. The van der Waals surface area contributed by atoms with Gasteiger partial charge in [-0.05, 0) is 19.8 Å². The fourth-order valence-electron chi connectivity index (χ4n) is 1.25. The van der Waals surface area contributed by atoms with E-state index in [2.05, 4.69) is 16.5 Å². The highest BCUT2D eigenvalue weighted by molar-refractivity contribution is 5.81. The highest BCUT2D eigenvalue weighted by Crippen LogP contribution is 2.18. The van der Waals surface area contributed by atoms with Gasteiger partial charge in [-0.2, -0.15) is 0 Å². The zero-order valence-corrected chi connectivity index (χ0v) is 6.72. The Kier molecular flexibility index (Phi) is 2.10. The summed E-state index contributed by atoms with van der Waals surface area (Å²) in [4.78, 5) is 6.28. The second-order valence-corrected chi connectivity index (χ2v) is 2.59. The van der Waals surface area contributed by atoms with Gasteiger partial charge < -0.3 is 4.90 Å². The van der Waals surface area contributed by atoms with Crippen molar-refractivity contribution in [3.63, 3.8) is 0 Å². The molecule has 0 spiro atoms. The van der Waals surface area contributed by atoms with Crippen LogP contribution in [-0.4, -0.2) is 24.3 Å². The third-order valence-electron chi connectivity index (χ3n) is 1.94. The number of aliphatic imine (C=N–C) groups is 1. The molecule has 1 fully saturated rings. The third-order valence-corrected chi connectivity index (χ3v) is 1.94. The molecule has 0 N–H and O–H groups in total. The molecule has 1 aliphatic heterocycles. The number of rotatable bonds is 0. The highest BCUT2D eigenvalue weighted by Gasteiger charge is 2.15. The first-order valence-electron chi connectivity index (χ1n) is 3.64. The first-order valence-corrected chi connectivity index (χ1v) is 3.64. The minimum Gasteiger partial charge on any atom is -0.335 e. The Labute approximate surface area is 62.3 Å². The zero-order valence-electron chi connectivity index (χ0n) is 6.72. The molecule has 56 valence electrons. The van der Waals surface area contributed by atoms with Crippen LogP contribution in [0.4, 0.5) is 0 Å². The maximum absolute atomic E-state index is 4.10. The molecule has 1 heterocycles. The van der Waals surface area contributed by atoms with Crippen molar-refractivity contribution in [1.82, 2.24) is 4.90 Å². The maximum Gasteiger partial charge on any atom is 0.0995 e. The quantitative estimate of drug-likeness (QED) is 0.367. The molecule has 2 heteroatoms. The summed E-state index contributed by atoms with van der Waals surface area (Å²) in [5.41, 5.74) is 1.21. The maximum atomic E-state index is 4.10. The van der Waals surface area contributed by atoms with E-state index in [0.717, 1.165) is 18.8 Å². The van der Waals surface area contributed by atoms with Crippen LogP contribution in [0.1, 0.15) is 19.8 Å². The average molecular weight is 138 g/mol. The van der Waals surface area contributed by atoms with Gasteiger partial charge >= 0.3 is 0 Å². The van der Waals surface area contributed by atoms with Crippen molar-refractivity contribution in [3.05, 3.63) is 12.3 Å². The van der Waals surface area contributed by atoms with Crippen molar-refractivity contribution in [2.75, 3.05) is 13.6 Å². The Morgan fingerprint density at radius 1 is 1.70 bits per heavy atom. The van der Waals surface area contributed by atoms with Gasteiger partial charge in [-0.3, -0.25) is 4.99 Å². The van der Waals surface area contributed by atoms with Crippen molar-refractivity contribution in [1.29, 1.82) is 0 Å². The largest absolute Gasteiger partial charge is 0.335 e. The summed E-state index contributed by atoms with van der Waals surface area (Å²) >= 11 is 0. The highest BCUT2D eigenvalue weighted by atomic mass is 15.2. The predicted molar refractivity (Wildman–Crippen MR) is 44.1 cm³/mol. The summed E-state index contributed by atoms with van der Waals surface area (Å²) in [7, 11) is 1.82. The lowest BCUT2D eigenvalue weighted by atomic mass is 10.3. The van der Waals surface area contributed by atoms with E-state index in [-0.39, 0.29) is 0 Å². The van der Waals surface area contributed by atoms with Crippen molar-refractivity contribution in [2.24, 2.45) is 4.99 Å². The van der Waals surface area contributed by atoms with Gasteiger partial charge in [-0.1, -0.05) is 6.58 Å². The molecule has 0 unspecified atom stereocenters. The van der Waals surface area contributed by atoms with Crippen LogP contribution in [0.25, 0.3) is 0 Å². The average Bonchev–Trinajstić information content (AvgIpc) is 2.34. The van der Waals surface area contributed by atoms with Crippen molar-refractivity contribution < 1.29 is 0 Å². The SMILES string of the molecule is C=C1CCCN1C(C)=NC. The molecular weight excluding hydrogens is 124 g/mol. The van der Waals surface area contributed by atoms with Crippen LogP contribution in [0.3, 0.4) is 0 Å². The first kappa shape index (κ1) is 7.32. The van der Waals surface area contributed by atoms with Gasteiger partial charge in [0.15, 0.2) is 0 Å². The Bertz CT molecular complexity index is 170. The molecule has 0 amide bonds. The summed E-state index contributed by atoms with van der Waals surface area (Å²) in [5.74, 6) is 1.09. The van der Waals surface area contributed by atoms with Crippen LogP contribution < -0.4 is 0 Å². The molecule has 0 aliphatic carbocycles. The summed E-state index contributed by atoms with van der Waals surface area (Å²) in [6.45, 7) is 7.07. The van der Waals surface area contributed by atoms with E-state index in [1.54, 1.807) is 0 Å². The van der Waals surface area contributed by atoms with Crippen molar-refractivity contribution >= 4 is 5.84 Å².